The molecule has 0 spiro atoms. The summed E-state index contributed by atoms with van der Waals surface area (Å²) in [6.07, 6.45) is 1.02. The Balaban J connectivity index is 2.37. The highest BCUT2D eigenvalue weighted by Gasteiger charge is 2.14. The van der Waals surface area contributed by atoms with Crippen LogP contribution in [-0.4, -0.2) is 10.2 Å². The lowest BCUT2D eigenvalue weighted by Crippen LogP contribution is -1.85. The topological polar surface area (TPSA) is 25.8 Å². The van der Waals surface area contributed by atoms with Gasteiger partial charge in [0.1, 0.15) is 10.0 Å². The van der Waals surface area contributed by atoms with Gasteiger partial charge in [0, 0.05) is 10.0 Å². The van der Waals surface area contributed by atoms with E-state index in [1.54, 1.807) is 11.3 Å². The number of aromatic nitrogens is 2. The van der Waals surface area contributed by atoms with Gasteiger partial charge >= 0.3 is 0 Å². The van der Waals surface area contributed by atoms with Crippen molar-refractivity contribution >= 4 is 43.2 Å². The van der Waals surface area contributed by atoms with Gasteiger partial charge in [-0.2, -0.15) is 0 Å². The summed E-state index contributed by atoms with van der Waals surface area (Å²) < 4.78 is 1.07. The summed E-state index contributed by atoms with van der Waals surface area (Å²) in [5.74, 6) is 0. The first-order valence-corrected chi connectivity index (χ1v) is 7.88. The van der Waals surface area contributed by atoms with Gasteiger partial charge in [0.15, 0.2) is 0 Å². The first-order valence-electron chi connectivity index (χ1n) is 5.35. The monoisotopic (exact) mass is 374 g/mol. The molecule has 2 nitrogen and oxygen atoms in total. The number of aryl methyl sites for hydroxylation is 1. The largest absolute Gasteiger partial charge is 0.148 e. The normalized spacial score (nSPS) is 12.7. The predicted molar refractivity (Wildman–Crippen MR) is 79.7 cm³/mol. The van der Waals surface area contributed by atoms with Gasteiger partial charge in [0.05, 0.1) is 4.83 Å². The molecule has 0 aliphatic heterocycles. The molecule has 0 aliphatic rings. The van der Waals surface area contributed by atoms with Crippen molar-refractivity contribution in [3.8, 4) is 10.6 Å². The maximum Gasteiger partial charge on any atom is 0.148 e. The average molecular weight is 376 g/mol. The van der Waals surface area contributed by atoms with Crippen LogP contribution < -0.4 is 0 Å². The van der Waals surface area contributed by atoms with Crippen molar-refractivity contribution in [3.63, 3.8) is 0 Å². The van der Waals surface area contributed by atoms with Crippen LogP contribution in [0.5, 0.6) is 0 Å². The van der Waals surface area contributed by atoms with Crippen LogP contribution >= 0.6 is 43.2 Å². The van der Waals surface area contributed by atoms with Crippen molar-refractivity contribution in [2.75, 3.05) is 0 Å². The Bertz CT molecular complexity index is 525. The van der Waals surface area contributed by atoms with Gasteiger partial charge in [-0.3, -0.25) is 0 Å². The minimum Gasteiger partial charge on any atom is -0.142 e. The molecule has 17 heavy (non-hydrogen) atoms. The van der Waals surface area contributed by atoms with E-state index in [0.29, 0.717) is 4.83 Å². The number of benzene rings is 1. The van der Waals surface area contributed by atoms with Crippen molar-refractivity contribution in [3.05, 3.63) is 33.2 Å². The number of nitrogens with zero attached hydrogens (tertiary/aromatic N) is 2. The molecule has 0 fully saturated rings. The summed E-state index contributed by atoms with van der Waals surface area (Å²) in [7, 11) is 0. The van der Waals surface area contributed by atoms with E-state index in [1.807, 2.05) is 0 Å². The highest BCUT2D eigenvalue weighted by atomic mass is 79.9. The Labute approximate surface area is 122 Å². The van der Waals surface area contributed by atoms with Crippen molar-refractivity contribution in [1.29, 1.82) is 0 Å². The van der Waals surface area contributed by atoms with Gasteiger partial charge in [0.2, 0.25) is 0 Å². The quantitative estimate of drug-likeness (QED) is 0.695. The Morgan fingerprint density at radius 1 is 1.35 bits per heavy atom. The first kappa shape index (κ1) is 13.2. The summed E-state index contributed by atoms with van der Waals surface area (Å²) >= 11 is 8.81. The molecule has 0 bridgehead atoms. The SMILES string of the molecule is CCC(Br)c1nnc(-c2ccc(C)cc2Br)s1. The number of hydrogen-bond donors (Lipinski definition) is 0. The molecule has 1 atom stereocenters. The van der Waals surface area contributed by atoms with E-state index in [1.165, 1.54) is 5.56 Å². The van der Waals surface area contributed by atoms with Gasteiger partial charge in [-0.15, -0.1) is 10.2 Å². The molecule has 0 aliphatic carbocycles. The molecule has 2 aromatic rings. The zero-order valence-electron chi connectivity index (χ0n) is 9.58. The van der Waals surface area contributed by atoms with Crippen molar-refractivity contribution in [2.24, 2.45) is 0 Å². The van der Waals surface area contributed by atoms with Crippen LogP contribution in [-0.2, 0) is 0 Å². The number of rotatable bonds is 3. The van der Waals surface area contributed by atoms with Crippen LogP contribution in [0.4, 0.5) is 0 Å². The minimum atomic E-state index is 0.304. The zero-order valence-corrected chi connectivity index (χ0v) is 13.6. The molecule has 1 unspecified atom stereocenters. The zero-order chi connectivity index (χ0) is 12.4. The van der Waals surface area contributed by atoms with Crippen LogP contribution in [0.15, 0.2) is 22.7 Å². The Morgan fingerprint density at radius 3 is 2.76 bits per heavy atom. The van der Waals surface area contributed by atoms with E-state index in [-0.39, 0.29) is 0 Å². The molecule has 0 saturated heterocycles. The van der Waals surface area contributed by atoms with E-state index in [2.05, 4.69) is 74.1 Å². The van der Waals surface area contributed by atoms with Crippen LogP contribution in [0.25, 0.3) is 10.6 Å². The number of halogens is 2. The van der Waals surface area contributed by atoms with Gasteiger partial charge in [-0.1, -0.05) is 62.3 Å². The number of hydrogen-bond acceptors (Lipinski definition) is 3. The fourth-order valence-corrected chi connectivity index (χ4v) is 3.57. The molecular weight excluding hydrogens is 364 g/mol. The molecule has 90 valence electrons. The van der Waals surface area contributed by atoms with E-state index in [9.17, 15) is 0 Å². The maximum atomic E-state index is 4.25. The average Bonchev–Trinajstić information content (AvgIpc) is 2.77. The van der Waals surface area contributed by atoms with Gasteiger partial charge in [0.25, 0.3) is 0 Å². The molecule has 2 rings (SSSR count). The third-order valence-electron chi connectivity index (χ3n) is 2.42. The fraction of sp³-hybridized carbons (Fsp3) is 0.333. The van der Waals surface area contributed by atoms with E-state index < -0.39 is 0 Å². The lowest BCUT2D eigenvalue weighted by Gasteiger charge is -2.01. The van der Waals surface area contributed by atoms with Gasteiger partial charge in [-0.25, -0.2) is 0 Å². The van der Waals surface area contributed by atoms with Gasteiger partial charge in [-0.05, 0) is 25.0 Å². The minimum absolute atomic E-state index is 0.304. The predicted octanol–water partition coefficient (Wildman–Crippen LogP) is 5.12. The molecule has 1 heterocycles. The molecular formula is C12H12Br2N2S. The highest BCUT2D eigenvalue weighted by molar-refractivity contribution is 9.10. The molecule has 1 aromatic heterocycles. The molecule has 0 saturated carbocycles. The molecule has 0 N–H and O–H groups in total. The molecule has 0 radical (unpaired) electrons. The number of alkyl halides is 1. The summed E-state index contributed by atoms with van der Waals surface area (Å²) in [5.41, 5.74) is 2.34. The van der Waals surface area contributed by atoms with Crippen molar-refractivity contribution < 1.29 is 0 Å². The van der Waals surface area contributed by atoms with Crippen LogP contribution in [0.2, 0.25) is 0 Å². The second-order valence-electron chi connectivity index (χ2n) is 3.80. The van der Waals surface area contributed by atoms with Crippen LogP contribution in [0, 0.1) is 6.92 Å². The first-order chi connectivity index (χ1) is 8.11. The lowest BCUT2D eigenvalue weighted by atomic mass is 10.2. The van der Waals surface area contributed by atoms with E-state index in [0.717, 1.165) is 26.5 Å². The lowest BCUT2D eigenvalue weighted by molar-refractivity contribution is 0.870. The second-order valence-corrected chi connectivity index (χ2v) is 6.77. The fourth-order valence-electron chi connectivity index (χ4n) is 1.44. The summed E-state index contributed by atoms with van der Waals surface area (Å²) in [6.45, 7) is 4.20. The molecule has 0 amide bonds. The molecule has 5 heteroatoms. The second kappa shape index (κ2) is 5.59. The standard InChI is InChI=1S/C12H12Br2N2S/c1-3-9(13)12-16-15-11(17-12)8-5-4-7(2)6-10(8)14/h4-6,9H,3H2,1-2H3. The third kappa shape index (κ3) is 2.95. The molecule has 1 aromatic carbocycles. The highest BCUT2D eigenvalue weighted by Crippen LogP contribution is 2.35. The van der Waals surface area contributed by atoms with Gasteiger partial charge < -0.3 is 0 Å². The Kier molecular flexibility index (Phi) is 4.33. The summed E-state index contributed by atoms with van der Waals surface area (Å²) in [4.78, 5) is 0.304. The van der Waals surface area contributed by atoms with E-state index in [4.69, 9.17) is 0 Å². The van der Waals surface area contributed by atoms with Crippen molar-refractivity contribution in [1.82, 2.24) is 10.2 Å². The van der Waals surface area contributed by atoms with Crippen LogP contribution in [0.1, 0.15) is 28.7 Å². The summed E-state index contributed by atoms with van der Waals surface area (Å²) in [6, 6.07) is 6.27. The Morgan fingerprint density at radius 2 is 2.12 bits per heavy atom. The van der Waals surface area contributed by atoms with Crippen LogP contribution in [0.3, 0.4) is 0 Å². The van der Waals surface area contributed by atoms with Crippen molar-refractivity contribution in [2.45, 2.75) is 25.1 Å². The van der Waals surface area contributed by atoms with E-state index >= 15 is 0 Å². The maximum absolute atomic E-state index is 4.25. The third-order valence-corrected chi connectivity index (χ3v) is 5.53. The Hall–Kier alpha value is -0.260. The summed E-state index contributed by atoms with van der Waals surface area (Å²) in [5, 5.41) is 10.5. The smallest absolute Gasteiger partial charge is 0.142 e.